The third-order valence-corrected chi connectivity index (χ3v) is 4.20. The van der Waals surface area contributed by atoms with E-state index in [-0.39, 0.29) is 6.09 Å². The van der Waals surface area contributed by atoms with Crippen LogP contribution in [-0.4, -0.2) is 29.7 Å². The standard InChI is InChI=1S/C18H26N2O2/c1-18(2,3)22-17(21)20-10-9-14-5-4-6-16(15(14)12-20)19-11-13-7-8-13/h4-6,13,19H,7-12H2,1-3H3. The first kappa shape index (κ1) is 15.2. The molecule has 1 aromatic rings. The number of ether oxygens (including phenoxy) is 1. The van der Waals surface area contributed by atoms with E-state index in [9.17, 15) is 4.79 Å². The van der Waals surface area contributed by atoms with E-state index in [0.29, 0.717) is 6.54 Å². The fourth-order valence-corrected chi connectivity index (χ4v) is 2.81. The minimum absolute atomic E-state index is 0.213. The Bertz CT molecular complexity index is 559. The SMILES string of the molecule is CC(C)(C)OC(=O)N1CCc2cccc(NCC3CC3)c2C1. The monoisotopic (exact) mass is 302 g/mol. The predicted octanol–water partition coefficient (Wildman–Crippen LogP) is 3.80. The summed E-state index contributed by atoms with van der Waals surface area (Å²) in [7, 11) is 0. The van der Waals surface area contributed by atoms with Crippen molar-refractivity contribution in [2.45, 2.75) is 52.2 Å². The summed E-state index contributed by atoms with van der Waals surface area (Å²) in [6.45, 7) is 8.14. The van der Waals surface area contributed by atoms with Gasteiger partial charge in [0.15, 0.2) is 0 Å². The number of benzene rings is 1. The normalized spacial score (nSPS) is 17.9. The van der Waals surface area contributed by atoms with E-state index in [4.69, 9.17) is 4.74 Å². The Labute approximate surface area is 132 Å². The fourth-order valence-electron chi connectivity index (χ4n) is 2.81. The Kier molecular flexibility index (Phi) is 4.02. The van der Waals surface area contributed by atoms with E-state index in [1.54, 1.807) is 0 Å². The van der Waals surface area contributed by atoms with Gasteiger partial charge >= 0.3 is 6.09 Å². The molecule has 0 unspecified atom stereocenters. The zero-order valence-corrected chi connectivity index (χ0v) is 13.8. The van der Waals surface area contributed by atoms with Crippen molar-refractivity contribution in [3.05, 3.63) is 29.3 Å². The lowest BCUT2D eigenvalue weighted by atomic mass is 9.98. The van der Waals surface area contributed by atoms with E-state index in [1.165, 1.54) is 29.7 Å². The van der Waals surface area contributed by atoms with Gasteiger partial charge in [-0.25, -0.2) is 4.79 Å². The Morgan fingerprint density at radius 3 is 2.82 bits per heavy atom. The minimum Gasteiger partial charge on any atom is -0.444 e. The van der Waals surface area contributed by atoms with E-state index < -0.39 is 5.60 Å². The third-order valence-electron chi connectivity index (χ3n) is 4.20. The van der Waals surface area contributed by atoms with Crippen molar-refractivity contribution in [1.82, 2.24) is 4.90 Å². The molecule has 1 aliphatic heterocycles. The largest absolute Gasteiger partial charge is 0.444 e. The summed E-state index contributed by atoms with van der Waals surface area (Å²) in [6.07, 6.45) is 3.36. The summed E-state index contributed by atoms with van der Waals surface area (Å²) >= 11 is 0. The number of nitrogens with zero attached hydrogens (tertiary/aromatic N) is 1. The number of hydrogen-bond donors (Lipinski definition) is 1. The smallest absolute Gasteiger partial charge is 0.410 e. The van der Waals surface area contributed by atoms with Crippen molar-refractivity contribution in [3.63, 3.8) is 0 Å². The van der Waals surface area contributed by atoms with Gasteiger partial charge in [0, 0.05) is 18.8 Å². The highest BCUT2D eigenvalue weighted by atomic mass is 16.6. The molecule has 120 valence electrons. The zero-order valence-electron chi connectivity index (χ0n) is 13.8. The second-order valence-electron chi connectivity index (χ2n) is 7.42. The summed E-state index contributed by atoms with van der Waals surface area (Å²) < 4.78 is 5.51. The van der Waals surface area contributed by atoms with Gasteiger partial charge in [0.1, 0.15) is 5.60 Å². The summed E-state index contributed by atoms with van der Waals surface area (Å²) in [5, 5.41) is 3.56. The van der Waals surface area contributed by atoms with Gasteiger partial charge < -0.3 is 15.0 Å². The van der Waals surface area contributed by atoms with E-state index in [1.807, 2.05) is 25.7 Å². The number of carbonyl (C=O) groups excluding carboxylic acids is 1. The molecule has 2 aliphatic rings. The van der Waals surface area contributed by atoms with Crippen LogP contribution < -0.4 is 5.32 Å². The maximum absolute atomic E-state index is 12.3. The number of hydrogen-bond acceptors (Lipinski definition) is 3. The Balaban J connectivity index is 1.71. The molecule has 1 heterocycles. The van der Waals surface area contributed by atoms with Crippen molar-refractivity contribution >= 4 is 11.8 Å². The molecule has 1 aliphatic carbocycles. The molecule has 1 amide bonds. The van der Waals surface area contributed by atoms with Gasteiger partial charge in [0.25, 0.3) is 0 Å². The van der Waals surface area contributed by atoms with Gasteiger partial charge in [-0.2, -0.15) is 0 Å². The van der Waals surface area contributed by atoms with Crippen molar-refractivity contribution in [2.75, 3.05) is 18.4 Å². The molecular weight excluding hydrogens is 276 g/mol. The molecule has 0 aromatic heterocycles. The van der Waals surface area contributed by atoms with Crippen LogP contribution in [0.1, 0.15) is 44.7 Å². The molecule has 3 rings (SSSR count). The van der Waals surface area contributed by atoms with Crippen LogP contribution in [0.3, 0.4) is 0 Å². The number of anilines is 1. The maximum Gasteiger partial charge on any atom is 0.410 e. The van der Waals surface area contributed by atoms with E-state index in [2.05, 4.69) is 23.5 Å². The van der Waals surface area contributed by atoms with Crippen LogP contribution in [0.2, 0.25) is 0 Å². The highest BCUT2D eigenvalue weighted by molar-refractivity contribution is 5.69. The average Bonchev–Trinajstić information content (AvgIpc) is 3.26. The quantitative estimate of drug-likeness (QED) is 0.923. The van der Waals surface area contributed by atoms with Gasteiger partial charge in [-0.15, -0.1) is 0 Å². The Hall–Kier alpha value is -1.71. The molecule has 22 heavy (non-hydrogen) atoms. The van der Waals surface area contributed by atoms with Gasteiger partial charge in [-0.3, -0.25) is 0 Å². The van der Waals surface area contributed by atoms with Crippen LogP contribution in [0.5, 0.6) is 0 Å². The molecule has 1 fully saturated rings. The second kappa shape index (κ2) is 5.82. The van der Waals surface area contributed by atoms with Crippen LogP contribution in [0, 0.1) is 5.92 Å². The number of nitrogens with one attached hydrogen (secondary N) is 1. The first-order valence-electron chi connectivity index (χ1n) is 8.25. The van der Waals surface area contributed by atoms with Crippen LogP contribution in [0.4, 0.5) is 10.5 Å². The average molecular weight is 302 g/mol. The summed E-state index contributed by atoms with van der Waals surface area (Å²) in [5.41, 5.74) is 3.33. The Morgan fingerprint density at radius 1 is 1.36 bits per heavy atom. The van der Waals surface area contributed by atoms with E-state index in [0.717, 1.165) is 25.4 Å². The van der Waals surface area contributed by atoms with Crippen molar-refractivity contribution in [1.29, 1.82) is 0 Å². The van der Waals surface area contributed by atoms with Crippen LogP contribution >= 0.6 is 0 Å². The number of amides is 1. The molecule has 1 aromatic carbocycles. The third kappa shape index (κ3) is 3.73. The number of rotatable bonds is 3. The molecular formula is C18H26N2O2. The van der Waals surface area contributed by atoms with Crippen molar-refractivity contribution in [2.24, 2.45) is 5.92 Å². The number of fused-ring (bicyclic) bond motifs is 1. The summed E-state index contributed by atoms with van der Waals surface area (Å²) in [5.74, 6) is 0.835. The lowest BCUT2D eigenvalue weighted by molar-refractivity contribution is 0.0224. The molecule has 4 heteroatoms. The summed E-state index contributed by atoms with van der Waals surface area (Å²) in [4.78, 5) is 14.1. The molecule has 1 saturated carbocycles. The minimum atomic E-state index is -0.443. The molecule has 0 saturated heterocycles. The van der Waals surface area contributed by atoms with Gasteiger partial charge in [0.2, 0.25) is 0 Å². The molecule has 4 nitrogen and oxygen atoms in total. The molecule has 0 spiro atoms. The topological polar surface area (TPSA) is 41.6 Å². The van der Waals surface area contributed by atoms with Crippen LogP contribution in [0.25, 0.3) is 0 Å². The fraction of sp³-hybridized carbons (Fsp3) is 0.611. The summed E-state index contributed by atoms with van der Waals surface area (Å²) in [6, 6.07) is 6.40. The van der Waals surface area contributed by atoms with Crippen LogP contribution in [-0.2, 0) is 17.7 Å². The highest BCUT2D eigenvalue weighted by Crippen LogP contribution is 2.31. The van der Waals surface area contributed by atoms with Gasteiger partial charge in [0.05, 0.1) is 6.54 Å². The molecule has 0 radical (unpaired) electrons. The predicted molar refractivity (Wildman–Crippen MR) is 88.0 cm³/mol. The maximum atomic E-state index is 12.3. The molecule has 0 atom stereocenters. The number of carbonyl (C=O) groups is 1. The lowest BCUT2D eigenvalue weighted by Crippen LogP contribution is -2.40. The van der Waals surface area contributed by atoms with Gasteiger partial charge in [-0.1, -0.05) is 12.1 Å². The van der Waals surface area contributed by atoms with Crippen molar-refractivity contribution in [3.8, 4) is 0 Å². The van der Waals surface area contributed by atoms with Crippen molar-refractivity contribution < 1.29 is 9.53 Å². The second-order valence-corrected chi connectivity index (χ2v) is 7.42. The van der Waals surface area contributed by atoms with Crippen LogP contribution in [0.15, 0.2) is 18.2 Å². The first-order chi connectivity index (χ1) is 10.4. The van der Waals surface area contributed by atoms with E-state index >= 15 is 0 Å². The molecule has 0 bridgehead atoms. The molecule has 1 N–H and O–H groups in total. The van der Waals surface area contributed by atoms with Gasteiger partial charge in [-0.05, 0) is 63.1 Å². The Morgan fingerprint density at radius 2 is 2.14 bits per heavy atom. The lowest BCUT2D eigenvalue weighted by Gasteiger charge is -2.32. The highest BCUT2D eigenvalue weighted by Gasteiger charge is 2.27. The first-order valence-corrected chi connectivity index (χ1v) is 8.25. The zero-order chi connectivity index (χ0) is 15.7.